The number of fused-ring (bicyclic) bond motifs is 4. The number of nitrogens with zero attached hydrogens (tertiary/aromatic N) is 1. The lowest BCUT2D eigenvalue weighted by Gasteiger charge is -2.57. The van der Waals surface area contributed by atoms with Gasteiger partial charge in [0, 0.05) is 61.3 Å². The van der Waals surface area contributed by atoms with Crippen LogP contribution in [-0.4, -0.2) is 123 Å². The number of aliphatic hydroxyl groups is 2. The van der Waals surface area contributed by atoms with E-state index in [2.05, 4.69) is 28.3 Å². The number of hydrazine groups is 1. The van der Waals surface area contributed by atoms with E-state index in [0.717, 1.165) is 12.0 Å². The monoisotopic (exact) mass is 1090 g/mol. The second-order valence-electron chi connectivity index (χ2n) is 24.2. The van der Waals surface area contributed by atoms with Gasteiger partial charge in [-0.3, -0.25) is 29.0 Å². The summed E-state index contributed by atoms with van der Waals surface area (Å²) in [6.07, 6.45) is 15.0. The second-order valence-corrected chi connectivity index (χ2v) is 24.2. The van der Waals surface area contributed by atoms with Crippen molar-refractivity contribution in [1.29, 1.82) is 0 Å². The molecule has 19 atom stereocenters. The van der Waals surface area contributed by atoms with Gasteiger partial charge in [0.25, 0.3) is 5.91 Å². The summed E-state index contributed by atoms with van der Waals surface area (Å²) < 4.78 is 26.1. The van der Waals surface area contributed by atoms with Crippen molar-refractivity contribution in [2.24, 2.45) is 53.3 Å². The van der Waals surface area contributed by atoms with Crippen LogP contribution in [0.4, 0.5) is 0 Å². The van der Waals surface area contributed by atoms with Crippen LogP contribution in [0.5, 0.6) is 5.75 Å². The summed E-state index contributed by atoms with van der Waals surface area (Å²) in [6, 6.07) is 3.48. The van der Waals surface area contributed by atoms with Crippen molar-refractivity contribution in [3.63, 3.8) is 0 Å². The highest BCUT2D eigenvalue weighted by Crippen LogP contribution is 2.48. The number of aliphatic hydroxyl groups excluding tert-OH is 2. The maximum atomic E-state index is 14.6. The molecule has 6 heterocycles. The number of cyclic esters (lactones) is 1. The minimum absolute atomic E-state index is 0.00474. The number of aromatic hydroxyl groups is 1. The smallest absolute Gasteiger partial charge is 0.325 e. The fourth-order valence-electron chi connectivity index (χ4n) is 12.9. The molecule has 5 saturated heterocycles. The molecule has 1 spiro atoms. The molecular weight excluding hydrogens is 995 g/mol. The van der Waals surface area contributed by atoms with E-state index in [1.54, 1.807) is 12.1 Å². The quantitative estimate of drug-likeness (QED) is 0.0839. The van der Waals surface area contributed by atoms with Gasteiger partial charge in [-0.25, -0.2) is 5.43 Å². The molecule has 6 aliphatic heterocycles. The molecule has 0 saturated carbocycles. The number of phenolic OH excluding ortho intramolecular Hbond substituents is 1. The van der Waals surface area contributed by atoms with Gasteiger partial charge in [-0.2, -0.15) is 0 Å². The summed E-state index contributed by atoms with van der Waals surface area (Å²) in [5.74, 6) is -5.11. The number of hydrogen-bond acceptors (Lipinski definition) is 13. The minimum Gasteiger partial charge on any atom is -0.508 e. The highest BCUT2D eigenvalue weighted by atomic mass is 16.7. The molecule has 4 unspecified atom stereocenters. The molecule has 1 aromatic carbocycles. The van der Waals surface area contributed by atoms with Crippen molar-refractivity contribution >= 4 is 29.6 Å². The topological polar surface area (TPSA) is 234 Å². The normalized spacial score (nSPS) is 38.6. The number of carbonyl (C=O) groups excluding carboxylic acids is 5. The van der Waals surface area contributed by atoms with Crippen LogP contribution in [0, 0.1) is 53.3 Å². The lowest BCUT2D eigenvalue weighted by atomic mass is 9.68. The lowest BCUT2D eigenvalue weighted by Crippen LogP contribution is -2.71. The van der Waals surface area contributed by atoms with E-state index in [1.165, 1.54) is 17.1 Å². The maximum absolute atomic E-state index is 14.6. The van der Waals surface area contributed by atoms with Gasteiger partial charge in [-0.15, -0.1) is 0 Å². The zero-order valence-corrected chi connectivity index (χ0v) is 48.0. The largest absolute Gasteiger partial charge is 0.508 e. The number of piperidine rings is 1. The molecule has 17 heteroatoms. The fraction of sp³-hybridized carbons (Fsp3) is 0.689. The van der Waals surface area contributed by atoms with Crippen LogP contribution in [0.15, 0.2) is 72.4 Å². The molecular formula is C61H91N5O12. The molecule has 4 amide bonds. The molecule has 5 bridgehead atoms. The van der Waals surface area contributed by atoms with E-state index in [-0.39, 0.29) is 84.0 Å². The van der Waals surface area contributed by atoms with Gasteiger partial charge in [0.1, 0.15) is 35.7 Å². The number of carbonyl (C=O) groups is 5. The molecule has 17 nitrogen and oxygen atoms in total. The van der Waals surface area contributed by atoms with Crippen molar-refractivity contribution in [2.45, 2.75) is 207 Å². The van der Waals surface area contributed by atoms with Gasteiger partial charge in [0.15, 0.2) is 5.79 Å². The summed E-state index contributed by atoms with van der Waals surface area (Å²) in [4.78, 5) is 70.5. The third-order valence-corrected chi connectivity index (χ3v) is 18.1. The summed E-state index contributed by atoms with van der Waals surface area (Å²) in [5.41, 5.74) is 3.48. The number of benzene rings is 1. The summed E-state index contributed by atoms with van der Waals surface area (Å²) >= 11 is 0. The number of amides is 4. The Bertz CT molecular complexity index is 2410. The van der Waals surface area contributed by atoms with Crippen molar-refractivity contribution in [3.8, 4) is 5.75 Å². The average molecular weight is 1090 g/mol. The molecule has 6 aliphatic rings. The van der Waals surface area contributed by atoms with Crippen molar-refractivity contribution in [2.75, 3.05) is 6.54 Å². The number of hydrogen-bond donors (Lipinski definition) is 7. The SMILES string of the molecule is CC[C@H]1C[C@H](C)[C@@]2(NC1=O)O[C@@H](C(C)[C@@H](O)[C@@H](C)CC/C=C\C=C(/C)C1C/C=C/C=C/[C@@H]3OC4(C)CC[C@@H](C(=O)N[C@@H](C(C)C)C(=O)NC(Cc5cccc(O)c5)C(=O)N5CCC[C@H](N5)C(=O)O1)[C@H](O4)[C@H]3C)[C@H](C)[C@H](O)[C@@H]2C. The van der Waals surface area contributed by atoms with Crippen LogP contribution in [0.25, 0.3) is 0 Å². The van der Waals surface area contributed by atoms with Crippen molar-refractivity contribution < 1.29 is 58.2 Å². The Morgan fingerprint density at radius 3 is 2.42 bits per heavy atom. The van der Waals surface area contributed by atoms with E-state index in [4.69, 9.17) is 18.9 Å². The summed E-state index contributed by atoms with van der Waals surface area (Å²) in [7, 11) is 0. The number of phenols is 1. The fourth-order valence-corrected chi connectivity index (χ4v) is 12.9. The molecule has 7 rings (SSSR count). The first kappa shape index (κ1) is 60.7. The maximum Gasteiger partial charge on any atom is 0.325 e. The zero-order valence-electron chi connectivity index (χ0n) is 48.0. The van der Waals surface area contributed by atoms with Crippen LogP contribution in [0.2, 0.25) is 0 Å². The molecule has 7 N–H and O–H groups in total. The minimum atomic E-state index is -1.13. The highest BCUT2D eigenvalue weighted by molar-refractivity contribution is 5.93. The Balaban J connectivity index is 1.08. The first-order valence-electron chi connectivity index (χ1n) is 29.0. The predicted molar refractivity (Wildman–Crippen MR) is 295 cm³/mol. The Labute approximate surface area is 462 Å². The molecule has 0 radical (unpaired) electrons. The van der Waals surface area contributed by atoms with Gasteiger partial charge in [0.2, 0.25) is 17.7 Å². The van der Waals surface area contributed by atoms with Gasteiger partial charge in [-0.1, -0.05) is 117 Å². The molecule has 0 aliphatic carbocycles. The van der Waals surface area contributed by atoms with Crippen LogP contribution in [0.1, 0.15) is 140 Å². The first-order valence-corrected chi connectivity index (χ1v) is 29.0. The number of rotatable bonds is 12. The van der Waals surface area contributed by atoms with Gasteiger partial charge in [0.05, 0.1) is 36.4 Å². The lowest BCUT2D eigenvalue weighted by molar-refractivity contribution is -0.344. The number of esters is 1. The van der Waals surface area contributed by atoms with Crippen LogP contribution in [0.3, 0.4) is 0 Å². The van der Waals surface area contributed by atoms with E-state index in [0.29, 0.717) is 56.9 Å². The summed E-state index contributed by atoms with van der Waals surface area (Å²) in [5, 5.41) is 44.2. The Kier molecular flexibility index (Phi) is 20.3. The molecule has 432 valence electrons. The van der Waals surface area contributed by atoms with E-state index in [1.807, 2.05) is 112 Å². The number of allylic oxidation sites excluding steroid dienone is 5. The molecule has 5 fully saturated rings. The molecule has 1 aromatic rings. The third-order valence-electron chi connectivity index (χ3n) is 18.1. The molecule has 78 heavy (non-hydrogen) atoms. The van der Waals surface area contributed by atoms with Gasteiger partial charge >= 0.3 is 5.97 Å². The van der Waals surface area contributed by atoms with E-state index in [9.17, 15) is 39.3 Å². The average Bonchev–Trinajstić information content (AvgIpc) is 3.40. The van der Waals surface area contributed by atoms with Crippen LogP contribution in [-0.2, 0) is 49.3 Å². The predicted octanol–water partition coefficient (Wildman–Crippen LogP) is 6.86. The van der Waals surface area contributed by atoms with Gasteiger partial charge in [-0.05, 0) is 93.9 Å². The molecule has 0 aromatic heterocycles. The summed E-state index contributed by atoms with van der Waals surface area (Å²) in [6.45, 7) is 21.7. The van der Waals surface area contributed by atoms with E-state index < -0.39 is 83.9 Å². The third kappa shape index (κ3) is 13.8. The Hall–Kier alpha value is -4.91. The first-order chi connectivity index (χ1) is 37.0. The van der Waals surface area contributed by atoms with Crippen molar-refractivity contribution in [3.05, 3.63) is 77.9 Å². The standard InChI is InChI=1S/C61H91N5O12/c1-12-43-31-37(6)61(64-55(43)70)41(10)52(69)40(9)53(78-61)39(8)51(68)36(5)22-16-13-15-21-35(4)48-26-17-14-18-27-49-38(7)54-45(28-29-60(11,76-49)77-54)56(71)63-50(34(2)3)57(72)62-47(33-42-23-19-24-44(67)32-42)58(73)66-30-20-25-46(65-66)59(74)75-48/h13-15,17-19,21,23-24,27,32,34,36-41,43,45-54,65,67-69H,12,16,20,22,25-26,28-31,33H2,1-11H3,(H,62,72)(H,63,71)(H,64,70)/b15-13-,17-14+,27-18+,35-21+/t36-,37-,38-,39?,40+,41-,43-,45+,46-,47?,48?,49-,50-,51-,52-,53-,54+,60?,61+/m0/s1. The Morgan fingerprint density at radius 1 is 0.949 bits per heavy atom. The van der Waals surface area contributed by atoms with Crippen LogP contribution >= 0.6 is 0 Å². The number of ether oxygens (including phenoxy) is 4. The highest BCUT2D eigenvalue weighted by Gasteiger charge is 2.58. The van der Waals surface area contributed by atoms with Crippen LogP contribution < -0.4 is 21.4 Å². The zero-order chi connectivity index (χ0) is 56.8. The van der Waals surface area contributed by atoms with E-state index >= 15 is 0 Å². The van der Waals surface area contributed by atoms with Gasteiger partial charge < -0.3 is 50.2 Å². The Morgan fingerprint density at radius 2 is 1.71 bits per heavy atom. The second kappa shape index (κ2) is 26.1. The van der Waals surface area contributed by atoms with Crippen molar-refractivity contribution in [1.82, 2.24) is 26.4 Å². The number of nitrogens with one attached hydrogen (secondary N) is 4.